The number of ether oxygens (including phenoxy) is 1. The Kier molecular flexibility index (Phi) is 5.68. The van der Waals surface area contributed by atoms with Crippen LogP contribution >= 0.6 is 11.3 Å². The maximum atomic E-state index is 12.7. The zero-order chi connectivity index (χ0) is 22.0. The molecule has 158 valence electrons. The molecule has 8 nitrogen and oxygen atoms in total. The maximum absolute atomic E-state index is 12.7. The van der Waals surface area contributed by atoms with Gasteiger partial charge in [0.2, 0.25) is 0 Å². The molecule has 0 saturated carbocycles. The van der Waals surface area contributed by atoms with Gasteiger partial charge in [-0.1, -0.05) is 29.5 Å². The van der Waals surface area contributed by atoms with Gasteiger partial charge in [-0.05, 0) is 37.3 Å². The summed E-state index contributed by atoms with van der Waals surface area (Å²) in [7, 11) is 0. The predicted molar refractivity (Wildman–Crippen MR) is 117 cm³/mol. The Bertz CT molecular complexity index is 1440. The molecule has 2 heterocycles. The average Bonchev–Trinajstić information content (AvgIpc) is 3.25. The molecule has 0 fully saturated rings. The van der Waals surface area contributed by atoms with Crippen molar-refractivity contribution in [2.75, 3.05) is 6.61 Å². The summed E-state index contributed by atoms with van der Waals surface area (Å²) in [6.45, 7) is 5.98. The molecular formula is C22H19N3O5S. The van der Waals surface area contributed by atoms with Crippen LogP contribution in [0.1, 0.15) is 17.3 Å². The van der Waals surface area contributed by atoms with Crippen LogP contribution in [0.2, 0.25) is 0 Å². The first-order valence-electron chi connectivity index (χ1n) is 9.59. The summed E-state index contributed by atoms with van der Waals surface area (Å²) in [6.07, 6.45) is 1.70. The second-order valence-corrected chi connectivity index (χ2v) is 7.62. The van der Waals surface area contributed by atoms with Crippen molar-refractivity contribution in [2.45, 2.75) is 20.0 Å². The number of allylic oxidation sites excluding steroid dienone is 1. The van der Waals surface area contributed by atoms with E-state index < -0.39 is 17.6 Å². The molecule has 0 radical (unpaired) electrons. The Morgan fingerprint density at radius 3 is 2.77 bits per heavy atom. The SMILES string of the molecule is C=CCn1c(=NC(=O)Cn2c(=O)oc3ccccc32)sc2cc(C(=O)OCC)ccc21. The fourth-order valence-corrected chi connectivity index (χ4v) is 4.34. The van der Waals surface area contributed by atoms with Crippen LogP contribution in [-0.4, -0.2) is 27.6 Å². The van der Waals surface area contributed by atoms with Crippen molar-refractivity contribution in [3.05, 3.63) is 76.0 Å². The Hall–Kier alpha value is -3.72. The van der Waals surface area contributed by atoms with E-state index in [4.69, 9.17) is 9.15 Å². The minimum Gasteiger partial charge on any atom is -0.462 e. The largest absolute Gasteiger partial charge is 0.462 e. The summed E-state index contributed by atoms with van der Waals surface area (Å²) < 4.78 is 14.1. The number of amides is 1. The molecular weight excluding hydrogens is 418 g/mol. The van der Waals surface area contributed by atoms with E-state index in [1.807, 2.05) is 4.57 Å². The Labute approximate surface area is 180 Å². The number of rotatable bonds is 6. The second-order valence-electron chi connectivity index (χ2n) is 6.61. The zero-order valence-corrected chi connectivity index (χ0v) is 17.6. The summed E-state index contributed by atoms with van der Waals surface area (Å²) in [6, 6.07) is 12.1. The Morgan fingerprint density at radius 1 is 1.19 bits per heavy atom. The number of benzene rings is 2. The first-order chi connectivity index (χ1) is 15.0. The average molecular weight is 437 g/mol. The number of oxazole rings is 1. The van der Waals surface area contributed by atoms with Gasteiger partial charge < -0.3 is 13.7 Å². The lowest BCUT2D eigenvalue weighted by Crippen LogP contribution is -2.22. The Balaban J connectivity index is 1.74. The molecule has 9 heteroatoms. The molecule has 1 amide bonds. The highest BCUT2D eigenvalue weighted by Crippen LogP contribution is 2.20. The summed E-state index contributed by atoms with van der Waals surface area (Å²) in [5, 5.41) is 0. The van der Waals surface area contributed by atoms with Gasteiger partial charge in [-0.15, -0.1) is 6.58 Å². The van der Waals surface area contributed by atoms with Gasteiger partial charge in [0, 0.05) is 6.54 Å². The van der Waals surface area contributed by atoms with Crippen LogP contribution in [0.15, 0.2) is 69.3 Å². The van der Waals surface area contributed by atoms with Crippen LogP contribution in [0, 0.1) is 0 Å². The molecule has 0 bridgehead atoms. The third kappa shape index (κ3) is 3.99. The number of nitrogens with zero attached hydrogens (tertiary/aromatic N) is 3. The van der Waals surface area contributed by atoms with Crippen LogP contribution in [0.3, 0.4) is 0 Å². The fourth-order valence-electron chi connectivity index (χ4n) is 3.25. The summed E-state index contributed by atoms with van der Waals surface area (Å²) in [4.78, 5) is 41.5. The zero-order valence-electron chi connectivity index (χ0n) is 16.7. The Morgan fingerprint density at radius 2 is 2.00 bits per heavy atom. The van der Waals surface area contributed by atoms with Gasteiger partial charge in [0.15, 0.2) is 10.4 Å². The highest BCUT2D eigenvalue weighted by atomic mass is 32.1. The summed E-state index contributed by atoms with van der Waals surface area (Å²) >= 11 is 1.27. The molecule has 0 saturated heterocycles. The van der Waals surface area contributed by atoms with Gasteiger partial charge in [-0.2, -0.15) is 4.99 Å². The van der Waals surface area contributed by atoms with Crippen molar-refractivity contribution >= 4 is 44.5 Å². The van der Waals surface area contributed by atoms with Gasteiger partial charge in [0.05, 0.1) is 27.9 Å². The minimum atomic E-state index is -0.612. The van der Waals surface area contributed by atoms with Gasteiger partial charge >= 0.3 is 11.7 Å². The van der Waals surface area contributed by atoms with Gasteiger partial charge in [-0.3, -0.25) is 9.36 Å². The van der Waals surface area contributed by atoms with Crippen molar-refractivity contribution in [1.82, 2.24) is 9.13 Å². The topological polar surface area (TPSA) is 95.8 Å². The smallest absolute Gasteiger partial charge is 0.420 e. The lowest BCUT2D eigenvalue weighted by atomic mass is 10.2. The standard InChI is InChI=1S/C22H19N3O5S/c1-3-11-24-16-10-9-14(20(27)29-4-2)12-18(16)31-21(24)23-19(26)13-25-15-7-5-6-8-17(15)30-22(25)28/h3,5-10,12H,1,4,11,13H2,2H3. The van der Waals surface area contributed by atoms with E-state index in [1.165, 1.54) is 15.9 Å². The molecule has 0 aliphatic heterocycles. The first kappa shape index (κ1) is 20.5. The van der Waals surface area contributed by atoms with Crippen molar-refractivity contribution in [2.24, 2.45) is 4.99 Å². The maximum Gasteiger partial charge on any atom is 0.420 e. The fraction of sp³-hybridized carbons (Fsp3) is 0.182. The number of thiazole rings is 1. The van der Waals surface area contributed by atoms with Crippen molar-refractivity contribution in [3.63, 3.8) is 0 Å². The number of fused-ring (bicyclic) bond motifs is 2. The highest BCUT2D eigenvalue weighted by molar-refractivity contribution is 7.16. The van der Waals surface area contributed by atoms with Gasteiger partial charge in [0.25, 0.3) is 5.91 Å². The molecule has 0 spiro atoms. The number of aromatic nitrogens is 2. The van der Waals surface area contributed by atoms with E-state index in [2.05, 4.69) is 11.6 Å². The van der Waals surface area contributed by atoms with Crippen molar-refractivity contribution in [1.29, 1.82) is 0 Å². The van der Waals surface area contributed by atoms with Gasteiger partial charge in [-0.25, -0.2) is 9.59 Å². The van der Waals surface area contributed by atoms with Crippen LogP contribution in [0.5, 0.6) is 0 Å². The number of carbonyl (C=O) groups excluding carboxylic acids is 2. The third-order valence-corrected chi connectivity index (χ3v) is 5.63. The number of carbonyl (C=O) groups is 2. The second kappa shape index (κ2) is 8.57. The van der Waals surface area contributed by atoms with Gasteiger partial charge in [0.1, 0.15) is 6.54 Å². The van der Waals surface area contributed by atoms with E-state index in [0.717, 1.165) is 10.2 Å². The predicted octanol–water partition coefficient (Wildman–Crippen LogP) is 3.10. The molecule has 4 aromatic rings. The van der Waals surface area contributed by atoms with Crippen molar-refractivity contribution < 1.29 is 18.7 Å². The number of hydrogen-bond acceptors (Lipinski definition) is 6. The van der Waals surface area contributed by atoms with E-state index in [-0.39, 0.29) is 13.2 Å². The van der Waals surface area contributed by atoms with Crippen LogP contribution in [-0.2, 0) is 22.6 Å². The first-order valence-corrected chi connectivity index (χ1v) is 10.4. The normalized spacial score (nSPS) is 11.8. The summed E-state index contributed by atoms with van der Waals surface area (Å²) in [5.74, 6) is -1.52. The molecule has 2 aromatic carbocycles. The number of para-hydroxylation sites is 2. The molecule has 0 unspecified atom stereocenters. The molecule has 0 aliphatic rings. The molecule has 4 rings (SSSR count). The van der Waals surface area contributed by atoms with Crippen molar-refractivity contribution in [3.8, 4) is 0 Å². The lowest BCUT2D eigenvalue weighted by molar-refractivity contribution is -0.118. The van der Waals surface area contributed by atoms with E-state index in [9.17, 15) is 14.4 Å². The van der Waals surface area contributed by atoms with E-state index in [1.54, 1.807) is 55.5 Å². The summed E-state index contributed by atoms with van der Waals surface area (Å²) in [5.41, 5.74) is 2.19. The third-order valence-electron chi connectivity index (χ3n) is 4.59. The number of esters is 1. The number of hydrogen-bond donors (Lipinski definition) is 0. The molecule has 2 aromatic heterocycles. The highest BCUT2D eigenvalue weighted by Gasteiger charge is 2.14. The van der Waals surface area contributed by atoms with E-state index in [0.29, 0.717) is 28.0 Å². The minimum absolute atomic E-state index is 0.244. The monoisotopic (exact) mass is 437 g/mol. The van der Waals surface area contributed by atoms with Crippen LogP contribution in [0.4, 0.5) is 0 Å². The van der Waals surface area contributed by atoms with Crippen LogP contribution in [0.25, 0.3) is 21.3 Å². The lowest BCUT2D eigenvalue weighted by Gasteiger charge is -2.03. The molecule has 0 atom stereocenters. The molecule has 0 N–H and O–H groups in total. The quantitative estimate of drug-likeness (QED) is 0.341. The van der Waals surface area contributed by atoms with Crippen LogP contribution < -0.4 is 10.6 Å². The molecule has 0 aliphatic carbocycles. The van der Waals surface area contributed by atoms with E-state index >= 15 is 0 Å². The molecule has 31 heavy (non-hydrogen) atoms.